The third-order valence-electron chi connectivity index (χ3n) is 3.76. The number of nitrogens with one attached hydrogen (secondary N) is 2. The normalized spacial score (nSPS) is 10.3. The van der Waals surface area contributed by atoms with Gasteiger partial charge in [-0.05, 0) is 55.3 Å². The number of halogens is 1. The Morgan fingerprint density at radius 1 is 1.14 bits per heavy atom. The number of rotatable bonds is 6. The van der Waals surface area contributed by atoms with E-state index in [1.807, 2.05) is 19.9 Å². The van der Waals surface area contributed by atoms with Crippen molar-refractivity contribution in [1.29, 1.82) is 0 Å². The molecule has 0 aliphatic carbocycles. The number of carbonyl (C=O) groups is 1. The molecule has 0 bridgehead atoms. The maximum Gasteiger partial charge on any atom is 0.374 e. The van der Waals surface area contributed by atoms with Gasteiger partial charge < -0.3 is 4.74 Å². The van der Waals surface area contributed by atoms with Crippen molar-refractivity contribution in [3.05, 3.63) is 80.6 Å². The van der Waals surface area contributed by atoms with Gasteiger partial charge in [0.05, 0.1) is 4.92 Å². The molecular weight excluding hydrogens is 398 g/mol. The van der Waals surface area contributed by atoms with Gasteiger partial charge in [0.25, 0.3) is 5.91 Å². The Labute approximate surface area is 170 Å². The van der Waals surface area contributed by atoms with Crippen LogP contribution < -0.4 is 15.6 Å². The Morgan fingerprint density at radius 2 is 1.86 bits per heavy atom. The fourth-order valence-corrected chi connectivity index (χ4v) is 2.80. The SMILES string of the molecule is Cc1cc(C)cc(Oc2ncnc(NNC(=O)c3cccc(Cl)c3)c2[N+](=O)[O-])c1. The number of aromatic nitrogens is 2. The second-order valence-corrected chi connectivity index (χ2v) is 6.58. The molecule has 0 atom stereocenters. The van der Waals surface area contributed by atoms with Crippen LogP contribution in [0.4, 0.5) is 11.5 Å². The number of hydrazine groups is 1. The number of anilines is 1. The molecule has 2 aromatic carbocycles. The van der Waals surface area contributed by atoms with E-state index in [-0.39, 0.29) is 17.3 Å². The Balaban J connectivity index is 1.85. The van der Waals surface area contributed by atoms with Crippen LogP contribution in [0.1, 0.15) is 21.5 Å². The van der Waals surface area contributed by atoms with Gasteiger partial charge in [-0.1, -0.05) is 23.7 Å². The first-order valence-corrected chi connectivity index (χ1v) is 8.79. The molecule has 9 nitrogen and oxygen atoms in total. The Bertz CT molecular complexity index is 1070. The zero-order valence-corrected chi connectivity index (χ0v) is 16.2. The molecular formula is C19H16ClN5O4. The molecule has 0 fully saturated rings. The number of nitrogens with zero attached hydrogens (tertiary/aromatic N) is 3. The molecule has 3 aromatic rings. The molecule has 0 unspecified atom stereocenters. The van der Waals surface area contributed by atoms with E-state index in [1.165, 1.54) is 6.07 Å². The lowest BCUT2D eigenvalue weighted by Gasteiger charge is -2.11. The molecule has 0 aliphatic rings. The lowest BCUT2D eigenvalue weighted by Crippen LogP contribution is -2.30. The summed E-state index contributed by atoms with van der Waals surface area (Å²) >= 11 is 5.87. The summed E-state index contributed by atoms with van der Waals surface area (Å²) in [6.45, 7) is 3.76. The smallest absolute Gasteiger partial charge is 0.374 e. The van der Waals surface area contributed by atoms with E-state index in [4.69, 9.17) is 16.3 Å². The predicted octanol–water partition coefficient (Wildman–Crippen LogP) is 4.20. The molecule has 1 amide bonds. The molecule has 3 rings (SSSR count). The minimum absolute atomic E-state index is 0.222. The molecule has 148 valence electrons. The minimum Gasteiger partial charge on any atom is -0.434 e. The van der Waals surface area contributed by atoms with Crippen LogP contribution in [0.25, 0.3) is 0 Å². The number of hydrogen-bond donors (Lipinski definition) is 2. The molecule has 1 heterocycles. The van der Waals surface area contributed by atoms with E-state index >= 15 is 0 Å². The highest BCUT2D eigenvalue weighted by molar-refractivity contribution is 6.30. The van der Waals surface area contributed by atoms with E-state index < -0.39 is 16.5 Å². The fraction of sp³-hybridized carbons (Fsp3) is 0.105. The lowest BCUT2D eigenvalue weighted by atomic mass is 10.1. The van der Waals surface area contributed by atoms with Gasteiger partial charge >= 0.3 is 11.6 Å². The zero-order valence-electron chi connectivity index (χ0n) is 15.5. The first kappa shape index (κ1) is 20.0. The Morgan fingerprint density at radius 3 is 2.52 bits per heavy atom. The van der Waals surface area contributed by atoms with Gasteiger partial charge in [-0.15, -0.1) is 0 Å². The summed E-state index contributed by atoms with van der Waals surface area (Å²) in [5.41, 5.74) is 6.42. The van der Waals surface area contributed by atoms with Crippen LogP contribution in [0, 0.1) is 24.0 Å². The van der Waals surface area contributed by atoms with Crippen LogP contribution in [0.5, 0.6) is 11.6 Å². The summed E-state index contributed by atoms with van der Waals surface area (Å²) in [4.78, 5) is 30.8. The van der Waals surface area contributed by atoms with E-state index in [2.05, 4.69) is 20.8 Å². The monoisotopic (exact) mass is 413 g/mol. The number of nitro groups is 1. The highest BCUT2D eigenvalue weighted by atomic mass is 35.5. The van der Waals surface area contributed by atoms with E-state index in [1.54, 1.807) is 30.3 Å². The molecule has 0 radical (unpaired) electrons. The molecule has 10 heteroatoms. The largest absolute Gasteiger partial charge is 0.434 e. The van der Waals surface area contributed by atoms with Crippen molar-refractivity contribution >= 4 is 29.0 Å². The Hall–Kier alpha value is -3.72. The highest BCUT2D eigenvalue weighted by Gasteiger charge is 2.25. The second-order valence-electron chi connectivity index (χ2n) is 6.15. The maximum atomic E-state index is 12.2. The summed E-state index contributed by atoms with van der Waals surface area (Å²) in [5, 5.41) is 12.0. The average Bonchev–Trinajstić information content (AvgIpc) is 2.65. The van der Waals surface area contributed by atoms with Crippen molar-refractivity contribution in [3.8, 4) is 11.6 Å². The molecule has 0 spiro atoms. The van der Waals surface area contributed by atoms with Crippen molar-refractivity contribution in [2.24, 2.45) is 0 Å². The first-order chi connectivity index (χ1) is 13.8. The number of ether oxygens (including phenoxy) is 1. The average molecular weight is 414 g/mol. The number of hydrogen-bond acceptors (Lipinski definition) is 7. The predicted molar refractivity (Wildman–Crippen MR) is 107 cm³/mol. The van der Waals surface area contributed by atoms with Crippen molar-refractivity contribution < 1.29 is 14.5 Å². The van der Waals surface area contributed by atoms with Crippen LogP contribution in [0.15, 0.2) is 48.8 Å². The summed E-state index contributed by atoms with van der Waals surface area (Å²) < 4.78 is 5.62. The Kier molecular flexibility index (Phi) is 5.89. The third-order valence-corrected chi connectivity index (χ3v) is 4.00. The lowest BCUT2D eigenvalue weighted by molar-refractivity contribution is -0.385. The van der Waals surface area contributed by atoms with Crippen LogP contribution in [0.3, 0.4) is 0 Å². The summed E-state index contributed by atoms with van der Waals surface area (Å²) in [7, 11) is 0. The van der Waals surface area contributed by atoms with E-state index in [0.717, 1.165) is 17.5 Å². The third kappa shape index (κ3) is 4.96. The quantitative estimate of drug-likeness (QED) is 0.459. The van der Waals surface area contributed by atoms with E-state index in [9.17, 15) is 14.9 Å². The molecule has 2 N–H and O–H groups in total. The molecule has 1 aromatic heterocycles. The van der Waals surface area contributed by atoms with Crippen LogP contribution in [0.2, 0.25) is 5.02 Å². The topological polar surface area (TPSA) is 119 Å². The van der Waals surface area contributed by atoms with Gasteiger partial charge in [0.15, 0.2) is 0 Å². The van der Waals surface area contributed by atoms with Gasteiger partial charge in [-0.2, -0.15) is 4.98 Å². The minimum atomic E-state index is -0.689. The zero-order chi connectivity index (χ0) is 21.0. The van der Waals surface area contributed by atoms with Crippen molar-refractivity contribution in [2.75, 3.05) is 5.43 Å². The summed E-state index contributed by atoms with van der Waals surface area (Å²) in [6.07, 6.45) is 1.10. The number of benzene rings is 2. The number of aryl methyl sites for hydroxylation is 2. The molecule has 0 saturated heterocycles. The molecule has 0 aliphatic heterocycles. The highest BCUT2D eigenvalue weighted by Crippen LogP contribution is 2.34. The molecule has 0 saturated carbocycles. The number of carbonyl (C=O) groups excluding carboxylic acids is 1. The maximum absolute atomic E-state index is 12.2. The molecule has 29 heavy (non-hydrogen) atoms. The van der Waals surface area contributed by atoms with Gasteiger partial charge in [-0.3, -0.25) is 25.8 Å². The van der Waals surface area contributed by atoms with Gasteiger partial charge in [0.1, 0.15) is 12.1 Å². The van der Waals surface area contributed by atoms with Gasteiger partial charge in [0, 0.05) is 10.6 Å². The van der Waals surface area contributed by atoms with Crippen molar-refractivity contribution in [3.63, 3.8) is 0 Å². The summed E-state index contributed by atoms with van der Waals surface area (Å²) in [5.74, 6) is -0.621. The van der Waals surface area contributed by atoms with Crippen LogP contribution in [-0.2, 0) is 0 Å². The fourth-order valence-electron chi connectivity index (χ4n) is 2.61. The van der Waals surface area contributed by atoms with E-state index in [0.29, 0.717) is 10.8 Å². The standard InChI is InChI=1S/C19H16ClN5O4/c1-11-6-12(2)8-15(7-11)29-19-16(25(27)28)17(21-10-22-19)23-24-18(26)13-4-3-5-14(20)9-13/h3-10H,1-2H3,(H,24,26)(H,21,22,23). The van der Waals surface area contributed by atoms with Crippen LogP contribution >= 0.6 is 11.6 Å². The van der Waals surface area contributed by atoms with Crippen molar-refractivity contribution in [1.82, 2.24) is 15.4 Å². The summed E-state index contributed by atoms with van der Waals surface area (Å²) in [6, 6.07) is 11.6. The first-order valence-electron chi connectivity index (χ1n) is 8.41. The van der Waals surface area contributed by atoms with Crippen molar-refractivity contribution in [2.45, 2.75) is 13.8 Å². The second kappa shape index (κ2) is 8.53. The number of amides is 1. The van der Waals surface area contributed by atoms with Crippen LogP contribution in [-0.4, -0.2) is 20.8 Å². The van der Waals surface area contributed by atoms with Gasteiger partial charge in [0.2, 0.25) is 5.82 Å². The van der Waals surface area contributed by atoms with Gasteiger partial charge in [-0.25, -0.2) is 4.98 Å².